The second kappa shape index (κ2) is 4.57. The summed E-state index contributed by atoms with van der Waals surface area (Å²) < 4.78 is 5.68. The number of aromatic nitrogens is 1. The van der Waals surface area contributed by atoms with E-state index in [1.165, 1.54) is 0 Å². The molecule has 0 unspecified atom stereocenters. The quantitative estimate of drug-likeness (QED) is 0.827. The van der Waals surface area contributed by atoms with E-state index in [0.717, 1.165) is 17.1 Å². The van der Waals surface area contributed by atoms with Crippen molar-refractivity contribution in [3.8, 4) is 11.5 Å². The molecule has 0 aliphatic rings. The first kappa shape index (κ1) is 9.68. The first-order chi connectivity index (χ1) is 7.40. The van der Waals surface area contributed by atoms with E-state index in [0.29, 0.717) is 6.54 Å². The van der Waals surface area contributed by atoms with Crippen molar-refractivity contribution >= 4 is 0 Å². The van der Waals surface area contributed by atoms with Gasteiger partial charge in [0.1, 0.15) is 11.5 Å². The number of nitrogens with zero attached hydrogens (tertiary/aromatic N) is 1. The van der Waals surface area contributed by atoms with Crippen LogP contribution in [0.4, 0.5) is 0 Å². The fraction of sp³-hybridized carbons (Fsp3) is 0.0833. The minimum absolute atomic E-state index is 0.473. The molecule has 0 spiro atoms. The normalized spacial score (nSPS) is 9.93. The van der Waals surface area contributed by atoms with Gasteiger partial charge in [-0.3, -0.25) is 4.98 Å². The maximum Gasteiger partial charge on any atom is 0.131 e. The largest absolute Gasteiger partial charge is 0.457 e. The Hall–Kier alpha value is -1.87. The SMILES string of the molecule is NCc1ccccc1Oc1ccncc1. The molecule has 2 aromatic rings. The molecule has 0 fully saturated rings. The van der Waals surface area contributed by atoms with Crippen molar-refractivity contribution in [1.29, 1.82) is 0 Å². The molecule has 1 aromatic carbocycles. The zero-order chi connectivity index (χ0) is 10.5. The molecule has 0 radical (unpaired) electrons. The van der Waals surface area contributed by atoms with E-state index in [9.17, 15) is 0 Å². The van der Waals surface area contributed by atoms with Crippen molar-refractivity contribution < 1.29 is 4.74 Å². The number of ether oxygens (including phenoxy) is 1. The molecular formula is C12H12N2O. The molecule has 0 aliphatic heterocycles. The minimum atomic E-state index is 0.473. The second-order valence-corrected chi connectivity index (χ2v) is 3.10. The highest BCUT2D eigenvalue weighted by molar-refractivity contribution is 5.36. The van der Waals surface area contributed by atoms with Gasteiger partial charge in [0.25, 0.3) is 0 Å². The summed E-state index contributed by atoms with van der Waals surface area (Å²) in [5, 5.41) is 0. The molecule has 3 nitrogen and oxygen atoms in total. The van der Waals surface area contributed by atoms with Crippen molar-refractivity contribution in [2.45, 2.75) is 6.54 Å². The lowest BCUT2D eigenvalue weighted by molar-refractivity contribution is 0.475. The smallest absolute Gasteiger partial charge is 0.131 e. The Balaban J connectivity index is 2.24. The molecule has 1 heterocycles. The zero-order valence-corrected chi connectivity index (χ0v) is 8.26. The van der Waals surface area contributed by atoms with Gasteiger partial charge in [-0.1, -0.05) is 18.2 Å². The van der Waals surface area contributed by atoms with E-state index in [1.54, 1.807) is 12.4 Å². The maximum atomic E-state index is 5.68. The average Bonchev–Trinajstić information content (AvgIpc) is 2.31. The van der Waals surface area contributed by atoms with Crippen molar-refractivity contribution in [3.63, 3.8) is 0 Å². The monoisotopic (exact) mass is 200 g/mol. The van der Waals surface area contributed by atoms with Crippen molar-refractivity contribution in [2.24, 2.45) is 5.73 Å². The van der Waals surface area contributed by atoms with E-state index >= 15 is 0 Å². The summed E-state index contributed by atoms with van der Waals surface area (Å²) in [7, 11) is 0. The van der Waals surface area contributed by atoms with Crippen LogP contribution in [-0.2, 0) is 6.54 Å². The molecule has 3 heteroatoms. The summed E-state index contributed by atoms with van der Waals surface area (Å²) in [6.45, 7) is 0.473. The lowest BCUT2D eigenvalue weighted by atomic mass is 10.2. The fourth-order valence-electron chi connectivity index (χ4n) is 1.31. The van der Waals surface area contributed by atoms with Crippen LogP contribution in [0, 0.1) is 0 Å². The number of hydrogen-bond acceptors (Lipinski definition) is 3. The van der Waals surface area contributed by atoms with E-state index < -0.39 is 0 Å². The number of hydrogen-bond donors (Lipinski definition) is 1. The molecule has 0 aliphatic carbocycles. The molecule has 2 N–H and O–H groups in total. The Bertz CT molecular complexity index is 429. The van der Waals surface area contributed by atoms with Crippen LogP contribution in [0.2, 0.25) is 0 Å². The van der Waals surface area contributed by atoms with Gasteiger partial charge in [-0.25, -0.2) is 0 Å². The van der Waals surface area contributed by atoms with Crippen molar-refractivity contribution in [3.05, 3.63) is 54.4 Å². The standard InChI is InChI=1S/C12H12N2O/c13-9-10-3-1-2-4-12(10)15-11-5-7-14-8-6-11/h1-8H,9,13H2. The first-order valence-corrected chi connectivity index (χ1v) is 4.76. The molecular weight excluding hydrogens is 188 g/mol. The van der Waals surface area contributed by atoms with Crippen molar-refractivity contribution in [1.82, 2.24) is 4.98 Å². The Morgan fingerprint density at radius 2 is 1.80 bits per heavy atom. The summed E-state index contributed by atoms with van der Waals surface area (Å²) >= 11 is 0. The Labute approximate surface area is 88.5 Å². The second-order valence-electron chi connectivity index (χ2n) is 3.10. The van der Waals surface area contributed by atoms with Crippen LogP contribution in [-0.4, -0.2) is 4.98 Å². The summed E-state index contributed by atoms with van der Waals surface area (Å²) in [6.07, 6.45) is 3.39. The summed E-state index contributed by atoms with van der Waals surface area (Å²) in [5.74, 6) is 1.57. The highest BCUT2D eigenvalue weighted by Crippen LogP contribution is 2.23. The van der Waals surface area contributed by atoms with Crippen molar-refractivity contribution in [2.75, 3.05) is 0 Å². The highest BCUT2D eigenvalue weighted by Gasteiger charge is 2.01. The molecule has 2 rings (SSSR count). The molecule has 15 heavy (non-hydrogen) atoms. The van der Waals surface area contributed by atoms with Gasteiger partial charge in [-0.15, -0.1) is 0 Å². The molecule has 1 aromatic heterocycles. The molecule has 0 saturated carbocycles. The van der Waals surface area contributed by atoms with Gasteiger partial charge in [0.15, 0.2) is 0 Å². The van der Waals surface area contributed by atoms with E-state index in [2.05, 4.69) is 4.98 Å². The number of nitrogens with two attached hydrogens (primary N) is 1. The summed E-state index contributed by atoms with van der Waals surface area (Å²) in [6, 6.07) is 11.4. The molecule has 0 amide bonds. The van der Waals surface area contributed by atoms with Crippen LogP contribution in [0.1, 0.15) is 5.56 Å². The topological polar surface area (TPSA) is 48.1 Å². The first-order valence-electron chi connectivity index (χ1n) is 4.76. The Morgan fingerprint density at radius 1 is 1.07 bits per heavy atom. The van der Waals surface area contributed by atoms with Crippen LogP contribution >= 0.6 is 0 Å². The number of para-hydroxylation sites is 1. The van der Waals surface area contributed by atoms with Crippen LogP contribution in [0.15, 0.2) is 48.8 Å². The third kappa shape index (κ3) is 2.33. The average molecular weight is 200 g/mol. The molecule has 0 bridgehead atoms. The lowest BCUT2D eigenvalue weighted by Crippen LogP contribution is -1.98. The van der Waals surface area contributed by atoms with Gasteiger partial charge in [0.2, 0.25) is 0 Å². The van der Waals surface area contributed by atoms with Crippen LogP contribution < -0.4 is 10.5 Å². The van der Waals surface area contributed by atoms with Crippen LogP contribution in [0.25, 0.3) is 0 Å². The minimum Gasteiger partial charge on any atom is -0.457 e. The Kier molecular flexibility index (Phi) is 2.95. The molecule has 0 saturated heterocycles. The van der Waals surface area contributed by atoms with Gasteiger partial charge in [-0.05, 0) is 18.2 Å². The van der Waals surface area contributed by atoms with Crippen LogP contribution in [0.5, 0.6) is 11.5 Å². The van der Waals surface area contributed by atoms with E-state index in [1.807, 2.05) is 36.4 Å². The maximum absolute atomic E-state index is 5.68. The lowest BCUT2D eigenvalue weighted by Gasteiger charge is -2.08. The molecule has 76 valence electrons. The highest BCUT2D eigenvalue weighted by atomic mass is 16.5. The van der Waals surface area contributed by atoms with Gasteiger partial charge in [-0.2, -0.15) is 0 Å². The third-order valence-corrected chi connectivity index (χ3v) is 2.07. The predicted molar refractivity (Wildman–Crippen MR) is 58.6 cm³/mol. The number of rotatable bonds is 3. The number of benzene rings is 1. The van der Waals surface area contributed by atoms with Gasteiger partial charge in [0, 0.05) is 24.5 Å². The fourth-order valence-corrected chi connectivity index (χ4v) is 1.31. The molecule has 0 atom stereocenters. The van der Waals surface area contributed by atoms with Gasteiger partial charge >= 0.3 is 0 Å². The van der Waals surface area contributed by atoms with E-state index in [-0.39, 0.29) is 0 Å². The number of pyridine rings is 1. The predicted octanol–water partition coefficient (Wildman–Crippen LogP) is 2.33. The third-order valence-electron chi connectivity index (χ3n) is 2.07. The van der Waals surface area contributed by atoms with Crippen LogP contribution in [0.3, 0.4) is 0 Å². The van der Waals surface area contributed by atoms with E-state index in [4.69, 9.17) is 10.5 Å². The summed E-state index contributed by atoms with van der Waals surface area (Å²) in [5.41, 5.74) is 6.61. The Morgan fingerprint density at radius 3 is 2.53 bits per heavy atom. The zero-order valence-electron chi connectivity index (χ0n) is 8.26. The van der Waals surface area contributed by atoms with Gasteiger partial charge in [0.05, 0.1) is 0 Å². The van der Waals surface area contributed by atoms with Gasteiger partial charge < -0.3 is 10.5 Å². The summed E-state index contributed by atoms with van der Waals surface area (Å²) in [4.78, 5) is 3.92.